The van der Waals surface area contributed by atoms with E-state index in [1.165, 1.54) is 5.56 Å². The summed E-state index contributed by atoms with van der Waals surface area (Å²) in [6, 6.07) is 10.3. The molecule has 1 aromatic carbocycles. The molecule has 0 saturated heterocycles. The van der Waals surface area contributed by atoms with Crippen LogP contribution in [-0.4, -0.2) is 22.5 Å². The lowest BCUT2D eigenvalue weighted by atomic mass is 9.86. The molecule has 3 rings (SSSR count). The number of rotatable bonds is 7. The van der Waals surface area contributed by atoms with Crippen LogP contribution in [-0.2, 0) is 26.2 Å². The fourth-order valence-electron chi connectivity index (χ4n) is 3.41. The highest BCUT2D eigenvalue weighted by atomic mass is 16.7. The molecule has 1 aromatic heterocycles. The van der Waals surface area contributed by atoms with Gasteiger partial charge in [0.15, 0.2) is 5.76 Å². The number of benzene rings is 1. The topological polar surface area (TPSA) is 77.1 Å². The predicted molar refractivity (Wildman–Crippen MR) is 120 cm³/mol. The minimum atomic E-state index is -0.246. The van der Waals surface area contributed by atoms with E-state index in [2.05, 4.69) is 31.9 Å². The zero-order chi connectivity index (χ0) is 22.8. The molecular formula is C25H31N3O3. The molecule has 2 aromatic rings. The van der Waals surface area contributed by atoms with E-state index in [1.807, 2.05) is 49.7 Å². The molecule has 0 radical (unpaired) electrons. The Morgan fingerprint density at radius 1 is 1.19 bits per heavy atom. The van der Waals surface area contributed by atoms with Gasteiger partial charge in [0.25, 0.3) is 0 Å². The molecule has 1 heterocycles. The maximum Gasteiger partial charge on any atom is 0.311 e. The summed E-state index contributed by atoms with van der Waals surface area (Å²) < 4.78 is 13.1. The van der Waals surface area contributed by atoms with Gasteiger partial charge in [-0.05, 0) is 50.2 Å². The van der Waals surface area contributed by atoms with Crippen molar-refractivity contribution in [3.8, 4) is 6.07 Å². The highest BCUT2D eigenvalue weighted by molar-refractivity contribution is 5.94. The average Bonchev–Trinajstić information content (AvgIpc) is 3.54. The van der Waals surface area contributed by atoms with Crippen molar-refractivity contribution in [2.75, 3.05) is 6.79 Å². The molecule has 0 bridgehead atoms. The van der Waals surface area contributed by atoms with Crippen LogP contribution in [0, 0.1) is 31.1 Å². The van der Waals surface area contributed by atoms with Gasteiger partial charge >= 0.3 is 5.97 Å². The number of aryl methyl sites for hydroxylation is 2. The molecule has 0 spiro atoms. The van der Waals surface area contributed by atoms with E-state index in [9.17, 15) is 10.1 Å². The largest absolute Gasteiger partial charge is 0.454 e. The quantitative estimate of drug-likeness (QED) is 0.268. The first-order chi connectivity index (χ1) is 14.7. The minimum Gasteiger partial charge on any atom is -0.454 e. The van der Waals surface area contributed by atoms with Crippen LogP contribution in [0.4, 0.5) is 0 Å². The SMILES string of the molecule is CCn1nc(C)c(C)c1/C(OCOC(=O)C1CC1)=C(\C#N)c1ccc(C(C)(C)C)cc1. The second-order valence-electron chi connectivity index (χ2n) is 9.02. The van der Waals surface area contributed by atoms with E-state index >= 15 is 0 Å². The Bertz CT molecular complexity index is 1030. The molecule has 6 nitrogen and oxygen atoms in total. The van der Waals surface area contributed by atoms with E-state index in [0.29, 0.717) is 17.9 Å². The predicted octanol–water partition coefficient (Wildman–Crippen LogP) is 5.14. The number of ether oxygens (including phenoxy) is 2. The normalized spacial score (nSPS) is 14.6. The third-order valence-electron chi connectivity index (χ3n) is 5.63. The number of allylic oxidation sites excluding steroid dienone is 1. The molecule has 0 atom stereocenters. The molecular weight excluding hydrogens is 390 g/mol. The summed E-state index contributed by atoms with van der Waals surface area (Å²) in [6.07, 6.45) is 1.73. The Labute approximate surface area is 184 Å². The summed E-state index contributed by atoms with van der Waals surface area (Å²) in [7, 11) is 0. The van der Waals surface area contributed by atoms with Crippen molar-refractivity contribution in [2.45, 2.75) is 66.3 Å². The van der Waals surface area contributed by atoms with Crippen LogP contribution in [0.1, 0.15) is 68.6 Å². The van der Waals surface area contributed by atoms with Crippen LogP contribution in [0.5, 0.6) is 0 Å². The fourth-order valence-corrected chi connectivity index (χ4v) is 3.41. The molecule has 0 amide bonds. The van der Waals surface area contributed by atoms with E-state index in [0.717, 1.165) is 35.4 Å². The Kier molecular flexibility index (Phi) is 6.54. The molecule has 164 valence electrons. The van der Waals surface area contributed by atoms with Crippen molar-refractivity contribution in [1.29, 1.82) is 5.26 Å². The number of carbonyl (C=O) groups is 1. The van der Waals surface area contributed by atoms with Crippen LogP contribution < -0.4 is 0 Å². The number of esters is 1. The standard InChI is InChI=1S/C25H31N3O3/c1-7-28-22(16(2)17(3)27-28)23(30-15-31-24(29)19-8-9-19)21(14-26)18-10-12-20(13-11-18)25(4,5)6/h10-13,19H,7-9,15H2,1-6H3/b23-21-. The van der Waals surface area contributed by atoms with Gasteiger partial charge in [-0.1, -0.05) is 45.0 Å². The molecule has 1 saturated carbocycles. The molecule has 1 aliphatic carbocycles. The van der Waals surface area contributed by atoms with Gasteiger partial charge in [-0.15, -0.1) is 0 Å². The Morgan fingerprint density at radius 3 is 2.35 bits per heavy atom. The number of nitriles is 1. The van der Waals surface area contributed by atoms with Crippen molar-refractivity contribution < 1.29 is 14.3 Å². The molecule has 31 heavy (non-hydrogen) atoms. The third kappa shape index (κ3) is 4.99. The van der Waals surface area contributed by atoms with Crippen molar-refractivity contribution in [3.05, 3.63) is 52.3 Å². The van der Waals surface area contributed by atoms with Gasteiger partial charge < -0.3 is 9.47 Å². The molecule has 6 heteroatoms. The summed E-state index contributed by atoms with van der Waals surface area (Å²) >= 11 is 0. The number of aromatic nitrogens is 2. The fraction of sp³-hybridized carbons (Fsp3) is 0.480. The number of carbonyl (C=O) groups excluding carboxylic acids is 1. The van der Waals surface area contributed by atoms with Gasteiger partial charge in [0, 0.05) is 12.1 Å². The first-order valence-electron chi connectivity index (χ1n) is 10.8. The van der Waals surface area contributed by atoms with Crippen LogP contribution >= 0.6 is 0 Å². The monoisotopic (exact) mass is 421 g/mol. The van der Waals surface area contributed by atoms with Crippen molar-refractivity contribution in [3.63, 3.8) is 0 Å². The second kappa shape index (κ2) is 8.97. The molecule has 1 aliphatic rings. The average molecular weight is 422 g/mol. The summed E-state index contributed by atoms with van der Waals surface area (Å²) in [4.78, 5) is 12.0. The Morgan fingerprint density at radius 2 is 1.84 bits per heavy atom. The third-order valence-corrected chi connectivity index (χ3v) is 5.63. The maximum atomic E-state index is 12.0. The van der Waals surface area contributed by atoms with Gasteiger partial charge in [-0.25, -0.2) is 0 Å². The van der Waals surface area contributed by atoms with Crippen molar-refractivity contribution in [1.82, 2.24) is 9.78 Å². The van der Waals surface area contributed by atoms with Crippen molar-refractivity contribution in [2.24, 2.45) is 5.92 Å². The van der Waals surface area contributed by atoms with Crippen molar-refractivity contribution >= 4 is 17.3 Å². The Balaban J connectivity index is 2.04. The van der Waals surface area contributed by atoms with Gasteiger partial charge in [0.2, 0.25) is 6.79 Å². The highest BCUT2D eigenvalue weighted by Gasteiger charge is 2.31. The minimum absolute atomic E-state index is 0.0124. The van der Waals surface area contributed by atoms with Crippen LogP contribution in [0.25, 0.3) is 11.3 Å². The van der Waals surface area contributed by atoms with Gasteiger partial charge in [-0.3, -0.25) is 9.48 Å². The summed E-state index contributed by atoms with van der Waals surface area (Å²) in [6.45, 7) is 12.7. The molecule has 0 aliphatic heterocycles. The highest BCUT2D eigenvalue weighted by Crippen LogP contribution is 2.33. The number of hydrogen-bond acceptors (Lipinski definition) is 5. The molecule has 1 fully saturated rings. The van der Waals surface area contributed by atoms with Gasteiger partial charge in [-0.2, -0.15) is 10.4 Å². The Hall–Kier alpha value is -3.07. The first kappa shape index (κ1) is 22.6. The summed E-state index contributed by atoms with van der Waals surface area (Å²) in [5.41, 5.74) is 4.87. The van der Waals surface area contributed by atoms with Crippen LogP contribution in [0.3, 0.4) is 0 Å². The van der Waals surface area contributed by atoms with E-state index in [4.69, 9.17) is 9.47 Å². The zero-order valence-electron chi connectivity index (χ0n) is 19.3. The van der Waals surface area contributed by atoms with Gasteiger partial charge in [0.1, 0.15) is 17.3 Å². The molecule has 0 N–H and O–H groups in total. The summed E-state index contributed by atoms with van der Waals surface area (Å²) in [5.74, 6) is 0.125. The summed E-state index contributed by atoms with van der Waals surface area (Å²) in [5, 5.41) is 14.7. The van der Waals surface area contributed by atoms with Crippen LogP contribution in [0.2, 0.25) is 0 Å². The maximum absolute atomic E-state index is 12.0. The second-order valence-corrected chi connectivity index (χ2v) is 9.02. The number of nitrogens with zero attached hydrogens (tertiary/aromatic N) is 3. The van der Waals surface area contributed by atoms with E-state index in [1.54, 1.807) is 0 Å². The first-order valence-corrected chi connectivity index (χ1v) is 10.8. The van der Waals surface area contributed by atoms with Gasteiger partial charge in [0.05, 0.1) is 11.6 Å². The lowest BCUT2D eigenvalue weighted by Crippen LogP contribution is -2.13. The van der Waals surface area contributed by atoms with E-state index < -0.39 is 0 Å². The van der Waals surface area contributed by atoms with E-state index in [-0.39, 0.29) is 24.1 Å². The lowest BCUT2D eigenvalue weighted by molar-refractivity contribution is -0.153. The molecule has 0 unspecified atom stereocenters. The number of hydrogen-bond donors (Lipinski definition) is 0. The smallest absolute Gasteiger partial charge is 0.311 e. The lowest BCUT2D eigenvalue weighted by Gasteiger charge is -2.19. The van der Waals surface area contributed by atoms with Crippen LogP contribution in [0.15, 0.2) is 24.3 Å². The zero-order valence-corrected chi connectivity index (χ0v) is 19.3.